The van der Waals surface area contributed by atoms with Crippen LogP contribution in [0.4, 0.5) is 0 Å². The number of hydrogen-bond donors (Lipinski definition) is 3. The molecule has 0 unspecified atom stereocenters. The van der Waals surface area contributed by atoms with Gasteiger partial charge in [-0.3, -0.25) is 19.4 Å². The molecule has 0 radical (unpaired) electrons. The van der Waals surface area contributed by atoms with Gasteiger partial charge in [-0.15, -0.1) is 0 Å². The summed E-state index contributed by atoms with van der Waals surface area (Å²) in [4.78, 5) is 51.1. The van der Waals surface area contributed by atoms with Gasteiger partial charge in [-0.25, -0.2) is 4.79 Å². The third-order valence-electron chi connectivity index (χ3n) is 2.82. The van der Waals surface area contributed by atoms with Crippen LogP contribution in [-0.2, 0) is 16.0 Å². The molecule has 1 rings (SSSR count). The molecule has 0 aliphatic rings. The summed E-state index contributed by atoms with van der Waals surface area (Å²) in [5.41, 5.74) is -1.64. The smallest absolute Gasteiger partial charge is 0.325 e. The summed E-state index contributed by atoms with van der Waals surface area (Å²) in [5.74, 6) is -1.35. The summed E-state index contributed by atoms with van der Waals surface area (Å²) in [6.07, 6.45) is -0.342. The molecule has 116 valence electrons. The summed E-state index contributed by atoms with van der Waals surface area (Å²) in [5, 5.41) is 8.74. The van der Waals surface area contributed by atoms with Gasteiger partial charge < -0.3 is 15.0 Å². The van der Waals surface area contributed by atoms with Crippen molar-refractivity contribution in [2.45, 2.75) is 39.2 Å². The molecule has 0 aliphatic carbocycles. The van der Waals surface area contributed by atoms with E-state index in [4.69, 9.17) is 5.11 Å². The van der Waals surface area contributed by atoms with E-state index in [0.717, 1.165) is 6.07 Å². The van der Waals surface area contributed by atoms with Crippen molar-refractivity contribution in [2.75, 3.05) is 6.54 Å². The number of carboxylic acid groups (broad SMARTS) is 1. The zero-order chi connectivity index (χ0) is 16.2. The maximum absolute atomic E-state index is 12.3. The van der Waals surface area contributed by atoms with Crippen LogP contribution in [0.3, 0.4) is 0 Å². The van der Waals surface area contributed by atoms with E-state index in [9.17, 15) is 19.2 Å². The van der Waals surface area contributed by atoms with Crippen molar-refractivity contribution < 1.29 is 14.7 Å². The van der Waals surface area contributed by atoms with Crippen LogP contribution in [0.5, 0.6) is 0 Å². The molecule has 3 N–H and O–H groups in total. The van der Waals surface area contributed by atoms with Gasteiger partial charge in [-0.1, -0.05) is 0 Å². The van der Waals surface area contributed by atoms with Crippen LogP contribution in [0.15, 0.2) is 15.7 Å². The van der Waals surface area contributed by atoms with Crippen molar-refractivity contribution in [2.24, 2.45) is 0 Å². The molecule has 8 heteroatoms. The molecule has 0 atom stereocenters. The Kier molecular flexibility index (Phi) is 5.07. The molecule has 1 heterocycles. The van der Waals surface area contributed by atoms with E-state index in [1.807, 2.05) is 4.98 Å². The fourth-order valence-corrected chi connectivity index (χ4v) is 1.91. The standard InChI is InChI=1S/C13H19N3O5/c1-13(2,3)16(5-4-11(19)20)10(18)7-8-6-9(17)15-12(21)14-8/h6H,4-5,7H2,1-3H3,(H,19,20)(H2,14,15,17,21). The Bertz CT molecular complexity index is 610. The molecular formula is C13H19N3O5. The molecule has 0 saturated heterocycles. The zero-order valence-electron chi connectivity index (χ0n) is 12.2. The highest BCUT2D eigenvalue weighted by atomic mass is 16.4. The molecule has 21 heavy (non-hydrogen) atoms. The number of aliphatic carboxylic acids is 1. The summed E-state index contributed by atoms with van der Waals surface area (Å²) in [7, 11) is 0. The fourth-order valence-electron chi connectivity index (χ4n) is 1.91. The van der Waals surface area contributed by atoms with Gasteiger partial charge in [0.1, 0.15) is 0 Å². The van der Waals surface area contributed by atoms with Crippen LogP contribution in [-0.4, -0.2) is 43.9 Å². The van der Waals surface area contributed by atoms with Gasteiger partial charge in [-0.2, -0.15) is 0 Å². The second kappa shape index (κ2) is 6.38. The predicted octanol–water partition coefficient (Wildman–Crippen LogP) is -0.292. The zero-order valence-corrected chi connectivity index (χ0v) is 12.2. The van der Waals surface area contributed by atoms with Crippen LogP contribution in [0.2, 0.25) is 0 Å². The van der Waals surface area contributed by atoms with E-state index in [-0.39, 0.29) is 31.0 Å². The molecule has 0 spiro atoms. The average Bonchev–Trinajstić information content (AvgIpc) is 2.24. The molecular weight excluding hydrogens is 278 g/mol. The van der Waals surface area contributed by atoms with Gasteiger partial charge >= 0.3 is 11.7 Å². The Morgan fingerprint density at radius 2 is 1.86 bits per heavy atom. The first-order chi connectivity index (χ1) is 9.59. The topological polar surface area (TPSA) is 123 Å². The lowest BCUT2D eigenvalue weighted by atomic mass is 10.0. The number of nitrogens with one attached hydrogen (secondary N) is 2. The number of nitrogens with zero attached hydrogens (tertiary/aromatic N) is 1. The average molecular weight is 297 g/mol. The van der Waals surface area contributed by atoms with Gasteiger partial charge in [-0.05, 0) is 20.8 Å². The van der Waals surface area contributed by atoms with E-state index in [1.165, 1.54) is 4.90 Å². The first-order valence-corrected chi connectivity index (χ1v) is 6.44. The first kappa shape index (κ1) is 16.7. The second-order valence-electron chi connectivity index (χ2n) is 5.65. The maximum atomic E-state index is 12.3. The van der Waals surface area contributed by atoms with Crippen LogP contribution in [0, 0.1) is 0 Å². The highest BCUT2D eigenvalue weighted by Crippen LogP contribution is 2.15. The number of aromatic amines is 2. The Morgan fingerprint density at radius 1 is 1.24 bits per heavy atom. The van der Waals surface area contributed by atoms with Crippen molar-refractivity contribution in [3.8, 4) is 0 Å². The molecule has 1 aromatic heterocycles. The predicted molar refractivity (Wildman–Crippen MR) is 75.1 cm³/mol. The molecule has 0 aromatic carbocycles. The highest BCUT2D eigenvalue weighted by molar-refractivity contribution is 5.79. The van der Waals surface area contributed by atoms with Gasteiger partial charge in [0.2, 0.25) is 5.91 Å². The molecule has 8 nitrogen and oxygen atoms in total. The van der Waals surface area contributed by atoms with Crippen molar-refractivity contribution in [3.05, 3.63) is 32.6 Å². The Hall–Kier alpha value is -2.38. The largest absolute Gasteiger partial charge is 0.481 e. The van der Waals surface area contributed by atoms with Crippen molar-refractivity contribution in [1.29, 1.82) is 0 Å². The number of aromatic nitrogens is 2. The summed E-state index contributed by atoms with van der Waals surface area (Å²) in [6, 6.07) is 1.14. The van der Waals surface area contributed by atoms with Gasteiger partial charge in [0, 0.05) is 23.8 Å². The Labute approximate surface area is 120 Å². The van der Waals surface area contributed by atoms with Gasteiger partial charge in [0.15, 0.2) is 0 Å². The highest BCUT2D eigenvalue weighted by Gasteiger charge is 2.26. The minimum atomic E-state index is -0.999. The Morgan fingerprint density at radius 3 is 2.33 bits per heavy atom. The van der Waals surface area contributed by atoms with Crippen molar-refractivity contribution in [3.63, 3.8) is 0 Å². The van der Waals surface area contributed by atoms with Crippen molar-refractivity contribution in [1.82, 2.24) is 14.9 Å². The van der Waals surface area contributed by atoms with Gasteiger partial charge in [0.25, 0.3) is 5.56 Å². The molecule has 0 fully saturated rings. The van der Waals surface area contributed by atoms with Gasteiger partial charge in [0.05, 0.1) is 12.8 Å². The third-order valence-corrected chi connectivity index (χ3v) is 2.82. The lowest BCUT2D eigenvalue weighted by Gasteiger charge is -2.35. The third kappa shape index (κ3) is 5.25. The van der Waals surface area contributed by atoms with Crippen LogP contribution < -0.4 is 11.2 Å². The molecule has 1 aromatic rings. The summed E-state index contributed by atoms with van der Waals surface area (Å²) in [6.45, 7) is 5.42. The fraction of sp³-hybridized carbons (Fsp3) is 0.538. The molecule has 0 saturated carbocycles. The number of H-pyrrole nitrogens is 2. The number of hydrogen-bond acceptors (Lipinski definition) is 4. The normalized spacial score (nSPS) is 11.2. The van der Waals surface area contributed by atoms with E-state index in [0.29, 0.717) is 0 Å². The number of carboxylic acids is 1. The molecule has 0 aliphatic heterocycles. The minimum Gasteiger partial charge on any atom is -0.481 e. The van der Waals surface area contributed by atoms with Crippen LogP contribution in [0.1, 0.15) is 32.9 Å². The van der Waals surface area contributed by atoms with E-state index in [1.54, 1.807) is 20.8 Å². The first-order valence-electron chi connectivity index (χ1n) is 6.44. The van der Waals surface area contributed by atoms with E-state index >= 15 is 0 Å². The lowest BCUT2D eigenvalue weighted by Crippen LogP contribution is -2.47. The number of amides is 1. The van der Waals surface area contributed by atoms with E-state index < -0.39 is 22.8 Å². The van der Waals surface area contributed by atoms with Crippen LogP contribution in [0.25, 0.3) is 0 Å². The van der Waals surface area contributed by atoms with Crippen molar-refractivity contribution >= 4 is 11.9 Å². The minimum absolute atomic E-state index is 0.0606. The summed E-state index contributed by atoms with van der Waals surface area (Å²) >= 11 is 0. The number of carbonyl (C=O) groups is 2. The maximum Gasteiger partial charge on any atom is 0.325 e. The van der Waals surface area contributed by atoms with E-state index in [2.05, 4.69) is 4.98 Å². The molecule has 1 amide bonds. The lowest BCUT2D eigenvalue weighted by molar-refractivity contribution is -0.140. The number of carbonyl (C=O) groups excluding carboxylic acids is 1. The Balaban J connectivity index is 2.92. The monoisotopic (exact) mass is 297 g/mol. The molecule has 0 bridgehead atoms. The number of rotatable bonds is 5. The quantitative estimate of drug-likeness (QED) is 0.689. The SMILES string of the molecule is CC(C)(C)N(CCC(=O)O)C(=O)Cc1cc(=O)[nH]c(=O)[nH]1. The van der Waals surface area contributed by atoms with Crippen LogP contribution >= 0.6 is 0 Å². The second-order valence-corrected chi connectivity index (χ2v) is 5.65. The summed E-state index contributed by atoms with van der Waals surface area (Å²) < 4.78 is 0.